The Hall–Kier alpha value is -1.62. The third kappa shape index (κ3) is 3.94. The minimum Gasteiger partial charge on any atom is -0.339 e. The molecule has 1 fully saturated rings. The first-order chi connectivity index (χ1) is 10.0. The van der Waals surface area contributed by atoms with Crippen LogP contribution in [0.15, 0.2) is 12.1 Å². The number of likely N-dealkylation sites (tertiary alicyclic amines) is 1. The van der Waals surface area contributed by atoms with Gasteiger partial charge in [-0.3, -0.25) is 4.79 Å². The minimum absolute atomic E-state index is 0.0879. The predicted octanol–water partition coefficient (Wildman–Crippen LogP) is 2.75. The van der Waals surface area contributed by atoms with Crippen LogP contribution in [0.1, 0.15) is 62.0 Å². The number of amides is 1. The van der Waals surface area contributed by atoms with Gasteiger partial charge in [0.1, 0.15) is 5.82 Å². The number of nitrogens with two attached hydrogens (primary N) is 1. The lowest BCUT2D eigenvalue weighted by Gasteiger charge is -2.21. The van der Waals surface area contributed by atoms with E-state index >= 15 is 0 Å². The molecule has 0 aliphatic carbocycles. The predicted molar refractivity (Wildman–Crippen MR) is 85.1 cm³/mol. The van der Waals surface area contributed by atoms with Gasteiger partial charge in [-0.25, -0.2) is 10.8 Å². The third-order valence-corrected chi connectivity index (χ3v) is 4.14. The average molecular weight is 290 g/mol. The maximum absolute atomic E-state index is 12.7. The Morgan fingerprint density at radius 3 is 2.81 bits per heavy atom. The molecule has 0 radical (unpaired) electrons. The van der Waals surface area contributed by atoms with Gasteiger partial charge < -0.3 is 10.3 Å². The summed E-state index contributed by atoms with van der Waals surface area (Å²) in [7, 11) is 0. The van der Waals surface area contributed by atoms with Crippen LogP contribution in [0, 0.1) is 5.92 Å². The Kier molecular flexibility index (Phi) is 5.17. The van der Waals surface area contributed by atoms with E-state index in [-0.39, 0.29) is 11.8 Å². The summed E-state index contributed by atoms with van der Waals surface area (Å²) in [5.41, 5.74) is 4.12. The topological polar surface area (TPSA) is 71.2 Å². The molecule has 0 spiro atoms. The Morgan fingerprint density at radius 1 is 1.38 bits per heavy atom. The van der Waals surface area contributed by atoms with E-state index in [1.807, 2.05) is 11.0 Å². The van der Waals surface area contributed by atoms with Crippen LogP contribution in [-0.4, -0.2) is 28.9 Å². The van der Waals surface area contributed by atoms with Crippen LogP contribution in [0.4, 0.5) is 5.82 Å². The maximum atomic E-state index is 12.7. The summed E-state index contributed by atoms with van der Waals surface area (Å²) >= 11 is 0. The first-order valence-electron chi connectivity index (χ1n) is 7.79. The van der Waals surface area contributed by atoms with Gasteiger partial charge in [-0.2, -0.15) is 0 Å². The maximum Gasteiger partial charge on any atom is 0.254 e. The molecule has 3 N–H and O–H groups in total. The van der Waals surface area contributed by atoms with E-state index in [0.29, 0.717) is 17.3 Å². The first kappa shape index (κ1) is 15.8. The molecule has 1 aromatic heterocycles. The van der Waals surface area contributed by atoms with Crippen molar-refractivity contribution < 1.29 is 4.79 Å². The van der Waals surface area contributed by atoms with Crippen molar-refractivity contribution in [1.29, 1.82) is 0 Å². The number of carbonyl (C=O) groups excluding carboxylic acids is 1. The molecule has 5 heteroatoms. The normalized spacial score (nSPS) is 19.5. The van der Waals surface area contributed by atoms with Gasteiger partial charge in [-0.05, 0) is 43.2 Å². The Labute approximate surface area is 126 Å². The Balaban J connectivity index is 2.23. The van der Waals surface area contributed by atoms with E-state index in [4.69, 9.17) is 5.84 Å². The molecule has 1 amide bonds. The second-order valence-corrected chi connectivity index (χ2v) is 6.29. The quantitative estimate of drug-likeness (QED) is 0.663. The van der Waals surface area contributed by atoms with Gasteiger partial charge in [0, 0.05) is 24.3 Å². The number of nitrogens with one attached hydrogen (secondary N) is 1. The number of rotatable bonds is 3. The number of hydrogen-bond donors (Lipinski definition) is 2. The average Bonchev–Trinajstić information content (AvgIpc) is 2.70. The molecule has 116 valence electrons. The summed E-state index contributed by atoms with van der Waals surface area (Å²) in [4.78, 5) is 19.1. The van der Waals surface area contributed by atoms with Crippen molar-refractivity contribution in [2.45, 2.75) is 46.0 Å². The van der Waals surface area contributed by atoms with Gasteiger partial charge in [0.2, 0.25) is 0 Å². The number of pyridine rings is 1. The fourth-order valence-corrected chi connectivity index (χ4v) is 2.69. The molecular formula is C16H26N4O. The van der Waals surface area contributed by atoms with Crippen LogP contribution in [0.3, 0.4) is 0 Å². The third-order valence-electron chi connectivity index (χ3n) is 4.14. The summed E-state index contributed by atoms with van der Waals surface area (Å²) in [5.74, 6) is 7.07. The fraction of sp³-hybridized carbons (Fsp3) is 0.625. The molecule has 21 heavy (non-hydrogen) atoms. The molecule has 1 saturated heterocycles. The van der Waals surface area contributed by atoms with Crippen molar-refractivity contribution in [3.63, 3.8) is 0 Å². The zero-order valence-electron chi connectivity index (χ0n) is 13.2. The molecule has 5 nitrogen and oxygen atoms in total. The smallest absolute Gasteiger partial charge is 0.254 e. The number of anilines is 1. The van der Waals surface area contributed by atoms with Gasteiger partial charge >= 0.3 is 0 Å². The number of carbonyl (C=O) groups is 1. The number of hydrogen-bond acceptors (Lipinski definition) is 4. The Morgan fingerprint density at radius 2 is 2.14 bits per heavy atom. The summed E-state index contributed by atoms with van der Waals surface area (Å²) in [6.45, 7) is 8.06. The van der Waals surface area contributed by atoms with Gasteiger partial charge in [-0.15, -0.1) is 0 Å². The lowest BCUT2D eigenvalue weighted by Crippen LogP contribution is -2.32. The molecule has 1 aliphatic rings. The molecule has 0 aromatic carbocycles. The lowest BCUT2D eigenvalue weighted by atomic mass is 10.0. The largest absolute Gasteiger partial charge is 0.339 e. The van der Waals surface area contributed by atoms with Crippen molar-refractivity contribution in [1.82, 2.24) is 9.88 Å². The second-order valence-electron chi connectivity index (χ2n) is 6.29. The standard InChI is InChI=1S/C16H26N4O/c1-11(2)14-9-13(10-15(18-14)19-17)16(21)20-7-4-5-12(3)6-8-20/h9-12H,4-8,17H2,1-3H3,(H,18,19). The molecule has 1 unspecified atom stereocenters. The van der Waals surface area contributed by atoms with Gasteiger partial charge in [0.25, 0.3) is 5.91 Å². The van der Waals surface area contributed by atoms with E-state index in [9.17, 15) is 4.79 Å². The highest BCUT2D eigenvalue weighted by atomic mass is 16.2. The van der Waals surface area contributed by atoms with Crippen molar-refractivity contribution >= 4 is 11.7 Å². The van der Waals surface area contributed by atoms with Gasteiger partial charge in [0.15, 0.2) is 0 Å². The van der Waals surface area contributed by atoms with Crippen LogP contribution >= 0.6 is 0 Å². The van der Waals surface area contributed by atoms with Crippen LogP contribution in [0.25, 0.3) is 0 Å². The molecule has 0 saturated carbocycles. The van der Waals surface area contributed by atoms with Crippen LogP contribution in [0.5, 0.6) is 0 Å². The summed E-state index contributed by atoms with van der Waals surface area (Å²) in [6.07, 6.45) is 3.36. The molecular weight excluding hydrogens is 264 g/mol. The van der Waals surface area contributed by atoms with Gasteiger partial charge in [-0.1, -0.05) is 20.8 Å². The summed E-state index contributed by atoms with van der Waals surface area (Å²) < 4.78 is 0. The first-order valence-corrected chi connectivity index (χ1v) is 7.79. The van der Waals surface area contributed by atoms with E-state index in [0.717, 1.165) is 31.6 Å². The second kappa shape index (κ2) is 6.89. The van der Waals surface area contributed by atoms with Crippen molar-refractivity contribution in [3.05, 3.63) is 23.4 Å². The number of hydrazine groups is 1. The van der Waals surface area contributed by atoms with E-state index in [1.165, 1.54) is 6.42 Å². The van der Waals surface area contributed by atoms with Crippen LogP contribution in [0.2, 0.25) is 0 Å². The number of nitrogen functional groups attached to an aromatic ring is 1. The number of nitrogens with zero attached hydrogens (tertiary/aromatic N) is 2. The SMILES string of the molecule is CC1CCCN(C(=O)c2cc(NN)nc(C(C)C)c2)CC1. The van der Waals surface area contributed by atoms with Crippen molar-refractivity contribution in [2.75, 3.05) is 18.5 Å². The van der Waals surface area contributed by atoms with E-state index < -0.39 is 0 Å². The van der Waals surface area contributed by atoms with Crippen LogP contribution in [-0.2, 0) is 0 Å². The molecule has 1 aliphatic heterocycles. The molecule has 1 aromatic rings. The highest BCUT2D eigenvalue weighted by molar-refractivity contribution is 5.95. The Bertz CT molecular complexity index is 501. The summed E-state index contributed by atoms with van der Waals surface area (Å²) in [6, 6.07) is 3.63. The van der Waals surface area contributed by atoms with Crippen LogP contribution < -0.4 is 11.3 Å². The van der Waals surface area contributed by atoms with E-state index in [1.54, 1.807) is 6.07 Å². The molecule has 2 heterocycles. The van der Waals surface area contributed by atoms with E-state index in [2.05, 4.69) is 31.2 Å². The van der Waals surface area contributed by atoms with Crippen molar-refractivity contribution in [2.24, 2.45) is 11.8 Å². The molecule has 1 atom stereocenters. The molecule has 2 rings (SSSR count). The zero-order valence-corrected chi connectivity index (χ0v) is 13.2. The molecule has 0 bridgehead atoms. The highest BCUT2D eigenvalue weighted by Gasteiger charge is 2.21. The summed E-state index contributed by atoms with van der Waals surface area (Å²) in [5, 5.41) is 0. The fourth-order valence-electron chi connectivity index (χ4n) is 2.69. The minimum atomic E-state index is 0.0879. The van der Waals surface area contributed by atoms with Crippen molar-refractivity contribution in [3.8, 4) is 0 Å². The monoisotopic (exact) mass is 290 g/mol. The lowest BCUT2D eigenvalue weighted by molar-refractivity contribution is 0.0760. The van der Waals surface area contributed by atoms with Gasteiger partial charge in [0.05, 0.1) is 0 Å². The highest BCUT2D eigenvalue weighted by Crippen LogP contribution is 2.21. The zero-order chi connectivity index (χ0) is 15.4. The number of aromatic nitrogens is 1.